The van der Waals surface area contributed by atoms with Crippen molar-refractivity contribution in [3.05, 3.63) is 64.9 Å². The number of rotatable bonds is 1. The van der Waals surface area contributed by atoms with E-state index in [9.17, 15) is 4.79 Å². The Labute approximate surface area is 202 Å². The second-order valence-electron chi connectivity index (χ2n) is 7.97. The molecule has 5 aromatic rings. The van der Waals surface area contributed by atoms with Crippen LogP contribution in [-0.4, -0.2) is 46.6 Å². The zero-order valence-corrected chi connectivity index (χ0v) is 20.3. The number of H-pyrrole nitrogens is 1. The number of hydrogen-bond donors (Lipinski definition) is 1. The van der Waals surface area contributed by atoms with E-state index in [2.05, 4.69) is 46.2 Å². The molecule has 5 heterocycles. The van der Waals surface area contributed by atoms with Gasteiger partial charge in [-0.1, -0.05) is 11.6 Å². The number of hydrogen-bond acceptors (Lipinski definition) is 7. The lowest BCUT2D eigenvalue weighted by atomic mass is 10.1. The first-order valence-corrected chi connectivity index (χ1v) is 11.0. The number of nitrogens with zero attached hydrogens (tertiary/aromatic N) is 6. The van der Waals surface area contributed by atoms with Crippen molar-refractivity contribution in [1.29, 1.82) is 0 Å². The van der Waals surface area contributed by atoms with Gasteiger partial charge in [-0.05, 0) is 61.0 Å². The Morgan fingerprint density at radius 1 is 1.12 bits per heavy atom. The van der Waals surface area contributed by atoms with Crippen molar-refractivity contribution in [2.24, 2.45) is 0 Å². The van der Waals surface area contributed by atoms with Crippen LogP contribution in [-0.2, 0) is 4.74 Å². The summed E-state index contributed by atoms with van der Waals surface area (Å²) in [5.74, 6) is 0. The summed E-state index contributed by atoms with van der Waals surface area (Å²) in [6, 6.07) is 7.52. The molecule has 0 aromatic carbocycles. The molecule has 33 heavy (non-hydrogen) atoms. The fraction of sp³-hybridized carbons (Fsp3) is 0.182. The third-order valence-corrected chi connectivity index (χ3v) is 5.05. The van der Waals surface area contributed by atoms with Crippen molar-refractivity contribution < 1.29 is 9.53 Å². The Balaban J connectivity index is 0.000000157. The molecule has 0 fully saturated rings. The molecule has 0 atom stereocenters. The molecule has 1 N–H and O–H groups in total. The van der Waals surface area contributed by atoms with E-state index in [1.807, 2.05) is 39.0 Å². The summed E-state index contributed by atoms with van der Waals surface area (Å²) in [5.41, 5.74) is 3.30. The van der Waals surface area contributed by atoms with Gasteiger partial charge >= 0.3 is 6.09 Å². The molecule has 0 unspecified atom stereocenters. The van der Waals surface area contributed by atoms with E-state index < -0.39 is 11.7 Å². The van der Waals surface area contributed by atoms with Crippen molar-refractivity contribution in [2.45, 2.75) is 26.4 Å². The van der Waals surface area contributed by atoms with E-state index in [0.29, 0.717) is 16.2 Å². The number of nitrogens with one attached hydrogen (secondary N) is 1. The average molecular weight is 529 g/mol. The molecule has 0 aliphatic carbocycles. The minimum absolute atomic E-state index is 0.479. The lowest BCUT2D eigenvalue weighted by molar-refractivity contribution is 0.0522. The highest BCUT2D eigenvalue weighted by Gasteiger charge is 2.20. The summed E-state index contributed by atoms with van der Waals surface area (Å²) in [6.45, 7) is 5.43. The summed E-state index contributed by atoms with van der Waals surface area (Å²) in [6.07, 6.45) is 7.83. The molecule has 0 bridgehead atoms. The number of fused-ring (bicyclic) bond motifs is 2. The van der Waals surface area contributed by atoms with E-state index in [4.69, 9.17) is 16.3 Å². The van der Waals surface area contributed by atoms with Gasteiger partial charge in [-0.15, -0.1) is 0 Å². The molecule has 0 spiro atoms. The highest BCUT2D eigenvalue weighted by atomic mass is 79.9. The Hall–Kier alpha value is -3.37. The smallest absolute Gasteiger partial charge is 0.435 e. The summed E-state index contributed by atoms with van der Waals surface area (Å²) in [4.78, 5) is 24.3. The Morgan fingerprint density at radius 3 is 2.70 bits per heavy atom. The molecule has 11 heteroatoms. The minimum Gasteiger partial charge on any atom is -0.442 e. The lowest BCUT2D eigenvalue weighted by Crippen LogP contribution is -2.27. The second-order valence-corrected chi connectivity index (χ2v) is 9.24. The molecule has 0 saturated carbocycles. The predicted molar refractivity (Wildman–Crippen MR) is 129 cm³/mol. The third-order valence-electron chi connectivity index (χ3n) is 4.32. The van der Waals surface area contributed by atoms with Crippen LogP contribution >= 0.6 is 27.5 Å². The third kappa shape index (κ3) is 5.35. The molecule has 5 rings (SSSR count). The molecule has 0 saturated heterocycles. The monoisotopic (exact) mass is 527 g/mol. The van der Waals surface area contributed by atoms with Crippen LogP contribution in [0.2, 0.25) is 5.15 Å². The van der Waals surface area contributed by atoms with Crippen molar-refractivity contribution >= 4 is 55.7 Å². The molecule has 168 valence electrons. The molecular weight excluding hydrogens is 510 g/mol. The first kappa shape index (κ1) is 22.8. The molecule has 5 aromatic heterocycles. The van der Waals surface area contributed by atoms with Gasteiger partial charge in [-0.25, -0.2) is 14.8 Å². The molecular formula is C22H19BrClN7O2. The number of pyridine rings is 3. The quantitative estimate of drug-likeness (QED) is 0.280. The van der Waals surface area contributed by atoms with Gasteiger partial charge in [-0.3, -0.25) is 10.1 Å². The maximum absolute atomic E-state index is 11.9. The Morgan fingerprint density at radius 2 is 1.94 bits per heavy atom. The van der Waals surface area contributed by atoms with E-state index in [1.54, 1.807) is 30.9 Å². The lowest BCUT2D eigenvalue weighted by Gasteiger charge is -2.19. The molecule has 0 aliphatic rings. The van der Waals surface area contributed by atoms with Crippen LogP contribution in [0.5, 0.6) is 0 Å². The standard InChI is InChI=1S/C11H12BrN3O2.C11H7ClN4/c1-11(2,3)17-10(16)15-9-4-7(12)5-13-8(9)6-14-15;12-10-9(2-1-3-13-10)7-4-8-6-15-16-11(8)14-5-7/h4-6H,1-3H3;1-6H,(H,14,15,16). The SMILES string of the molecule is CC(C)(C)OC(=O)n1ncc2ncc(Br)cc21.Clc1ncccc1-c1cnc2[nH]ncc2c1. The number of aromatic nitrogens is 7. The topological polar surface area (TPSA) is 111 Å². The van der Waals surface area contributed by atoms with Crippen molar-refractivity contribution in [3.63, 3.8) is 0 Å². The number of carbonyl (C=O) groups is 1. The maximum atomic E-state index is 11.9. The Kier molecular flexibility index (Phi) is 6.39. The van der Waals surface area contributed by atoms with Gasteiger partial charge in [0.1, 0.15) is 21.8 Å². The van der Waals surface area contributed by atoms with Crippen LogP contribution in [0.3, 0.4) is 0 Å². The molecule has 0 aliphatic heterocycles. The summed E-state index contributed by atoms with van der Waals surface area (Å²) < 4.78 is 7.24. The Bertz CT molecular complexity index is 1440. The van der Waals surface area contributed by atoms with Crippen LogP contribution in [0.4, 0.5) is 4.79 Å². The number of carbonyl (C=O) groups excluding carboxylic acids is 1. The van der Waals surface area contributed by atoms with Gasteiger partial charge in [-0.2, -0.15) is 14.9 Å². The number of halogens is 2. The summed E-state index contributed by atoms with van der Waals surface area (Å²) in [7, 11) is 0. The number of aromatic amines is 1. The molecule has 9 nitrogen and oxygen atoms in total. The van der Waals surface area contributed by atoms with Gasteiger partial charge in [0.15, 0.2) is 5.65 Å². The first-order valence-electron chi connectivity index (χ1n) is 9.84. The highest BCUT2D eigenvalue weighted by molar-refractivity contribution is 9.10. The normalized spacial score (nSPS) is 11.3. The average Bonchev–Trinajstić information content (AvgIpc) is 3.39. The van der Waals surface area contributed by atoms with Crippen LogP contribution < -0.4 is 0 Å². The molecule has 0 radical (unpaired) electrons. The van der Waals surface area contributed by atoms with Gasteiger partial charge in [0.05, 0.1) is 12.4 Å². The second kappa shape index (κ2) is 9.24. The van der Waals surface area contributed by atoms with Crippen molar-refractivity contribution in [3.8, 4) is 11.1 Å². The zero-order valence-electron chi connectivity index (χ0n) is 18.0. The van der Waals surface area contributed by atoms with E-state index in [0.717, 1.165) is 26.6 Å². The summed E-state index contributed by atoms with van der Waals surface area (Å²) in [5, 5.41) is 12.1. The first-order chi connectivity index (χ1) is 15.7. The van der Waals surface area contributed by atoms with Crippen LogP contribution in [0.15, 0.2) is 59.7 Å². The van der Waals surface area contributed by atoms with Crippen molar-refractivity contribution in [1.82, 2.24) is 34.9 Å². The van der Waals surface area contributed by atoms with Crippen LogP contribution in [0.25, 0.3) is 33.2 Å². The highest BCUT2D eigenvalue weighted by Crippen LogP contribution is 2.26. The molecule has 0 amide bonds. The van der Waals surface area contributed by atoms with Gasteiger partial charge in [0.2, 0.25) is 0 Å². The fourth-order valence-corrected chi connectivity index (χ4v) is 3.47. The number of ether oxygens (including phenoxy) is 1. The van der Waals surface area contributed by atoms with Crippen molar-refractivity contribution in [2.75, 3.05) is 0 Å². The van der Waals surface area contributed by atoms with Gasteiger partial charge in [0.25, 0.3) is 0 Å². The van der Waals surface area contributed by atoms with Gasteiger partial charge < -0.3 is 4.74 Å². The van der Waals surface area contributed by atoms with Gasteiger partial charge in [0, 0.05) is 39.6 Å². The van der Waals surface area contributed by atoms with Crippen LogP contribution in [0.1, 0.15) is 20.8 Å². The van der Waals surface area contributed by atoms with E-state index >= 15 is 0 Å². The minimum atomic E-state index is -0.547. The fourth-order valence-electron chi connectivity index (χ4n) is 2.92. The van der Waals surface area contributed by atoms with E-state index in [1.165, 1.54) is 10.9 Å². The van der Waals surface area contributed by atoms with E-state index in [-0.39, 0.29) is 0 Å². The summed E-state index contributed by atoms with van der Waals surface area (Å²) >= 11 is 9.33. The largest absolute Gasteiger partial charge is 0.442 e. The maximum Gasteiger partial charge on any atom is 0.435 e. The predicted octanol–water partition coefficient (Wildman–Crippen LogP) is 5.65. The zero-order chi connectivity index (χ0) is 23.6. The van der Waals surface area contributed by atoms with Crippen LogP contribution in [0, 0.1) is 0 Å².